The summed E-state index contributed by atoms with van der Waals surface area (Å²) in [6, 6.07) is 0. The molecule has 0 bridgehead atoms. The molecule has 0 aromatic carbocycles. The molecule has 0 amide bonds. The van der Waals surface area contributed by atoms with Crippen molar-refractivity contribution < 1.29 is 9.47 Å². The van der Waals surface area contributed by atoms with E-state index < -0.39 is 0 Å². The number of rotatable bonds is 0. The Kier molecular flexibility index (Phi) is 1.02. The van der Waals surface area contributed by atoms with Crippen LogP contribution in [-0.4, -0.2) is 19.5 Å². The lowest BCUT2D eigenvalue weighted by Crippen LogP contribution is -2.08. The van der Waals surface area contributed by atoms with Gasteiger partial charge in [-0.3, -0.25) is 0 Å². The Morgan fingerprint density at radius 2 is 1.62 bits per heavy atom. The highest BCUT2D eigenvalue weighted by molar-refractivity contribution is 4.73. The van der Waals surface area contributed by atoms with Gasteiger partial charge in [0.2, 0.25) is 0 Å². The van der Waals surface area contributed by atoms with Gasteiger partial charge in [0.15, 0.2) is 6.29 Å². The largest absolute Gasteiger partial charge is 0.352 e. The lowest BCUT2D eigenvalue weighted by atomic mass is 10.1. The number of hydrogen-bond acceptors (Lipinski definition) is 2. The van der Waals surface area contributed by atoms with Crippen molar-refractivity contribution in [2.24, 2.45) is 5.92 Å². The summed E-state index contributed by atoms with van der Waals surface area (Å²) in [6.45, 7) is 1.82. The van der Waals surface area contributed by atoms with Gasteiger partial charge in [-0.15, -0.1) is 0 Å². The van der Waals surface area contributed by atoms with Crippen molar-refractivity contribution in [3.8, 4) is 0 Å². The smallest absolute Gasteiger partial charge is 0.160 e. The van der Waals surface area contributed by atoms with E-state index in [1.165, 1.54) is 12.8 Å². The third kappa shape index (κ3) is 0.565. The second-order valence-corrected chi connectivity index (χ2v) is 2.45. The van der Waals surface area contributed by atoms with Crippen LogP contribution in [0.25, 0.3) is 0 Å². The highest BCUT2D eigenvalue weighted by Gasteiger charge is 2.33. The molecule has 8 heavy (non-hydrogen) atoms. The highest BCUT2D eigenvalue weighted by Crippen LogP contribution is 2.30. The molecule has 0 spiro atoms. The first-order chi connectivity index (χ1) is 3.97. The molecule has 0 atom stereocenters. The minimum absolute atomic E-state index is 0.176. The van der Waals surface area contributed by atoms with Gasteiger partial charge in [0.1, 0.15) is 0 Å². The molecule has 0 radical (unpaired) electrons. The molecule has 0 aliphatic carbocycles. The van der Waals surface area contributed by atoms with E-state index in [9.17, 15) is 0 Å². The normalized spacial score (nSPS) is 45.0. The first-order valence-electron chi connectivity index (χ1n) is 3.20. The fourth-order valence-electron chi connectivity index (χ4n) is 1.41. The minimum Gasteiger partial charge on any atom is -0.352 e. The molecule has 0 N–H and O–H groups in total. The van der Waals surface area contributed by atoms with E-state index in [0.29, 0.717) is 0 Å². The van der Waals surface area contributed by atoms with Crippen molar-refractivity contribution in [3.63, 3.8) is 0 Å². The Morgan fingerprint density at radius 1 is 1.00 bits per heavy atom. The fraction of sp³-hybridized carbons (Fsp3) is 1.00. The molecule has 2 aliphatic heterocycles. The van der Waals surface area contributed by atoms with Gasteiger partial charge in [-0.1, -0.05) is 0 Å². The first-order valence-corrected chi connectivity index (χ1v) is 3.20. The van der Waals surface area contributed by atoms with Crippen LogP contribution < -0.4 is 0 Å². The van der Waals surface area contributed by atoms with Crippen LogP contribution >= 0.6 is 0 Å². The predicted octanol–water partition coefficient (Wildman–Crippen LogP) is 0.769. The molecule has 46 valence electrons. The van der Waals surface area contributed by atoms with E-state index in [2.05, 4.69) is 0 Å². The third-order valence-electron chi connectivity index (χ3n) is 1.93. The molecule has 2 nitrogen and oxygen atoms in total. The molecule has 2 fully saturated rings. The Morgan fingerprint density at radius 3 is 2.12 bits per heavy atom. The van der Waals surface area contributed by atoms with Crippen LogP contribution in [0.2, 0.25) is 0 Å². The van der Waals surface area contributed by atoms with E-state index >= 15 is 0 Å². The summed E-state index contributed by atoms with van der Waals surface area (Å²) >= 11 is 0. The van der Waals surface area contributed by atoms with Crippen molar-refractivity contribution in [2.75, 3.05) is 13.2 Å². The molecule has 0 aromatic heterocycles. The summed E-state index contributed by atoms with van der Waals surface area (Å²) in [6.07, 6.45) is 2.60. The monoisotopic (exact) mass is 114 g/mol. The van der Waals surface area contributed by atoms with Crippen molar-refractivity contribution >= 4 is 0 Å². The molecule has 2 saturated heterocycles. The zero-order valence-corrected chi connectivity index (χ0v) is 4.80. The second-order valence-electron chi connectivity index (χ2n) is 2.45. The number of ether oxygens (including phenoxy) is 2. The van der Waals surface area contributed by atoms with Crippen LogP contribution in [0.15, 0.2) is 0 Å². The van der Waals surface area contributed by atoms with Crippen LogP contribution in [0.1, 0.15) is 12.8 Å². The van der Waals surface area contributed by atoms with Gasteiger partial charge in [0, 0.05) is 5.92 Å². The van der Waals surface area contributed by atoms with E-state index in [0.717, 1.165) is 19.1 Å². The summed E-state index contributed by atoms with van der Waals surface area (Å²) < 4.78 is 10.5. The molecule has 2 rings (SSSR count). The highest BCUT2D eigenvalue weighted by atomic mass is 16.7. The second kappa shape index (κ2) is 1.71. The van der Waals surface area contributed by atoms with Gasteiger partial charge in [0.05, 0.1) is 13.2 Å². The Bertz CT molecular complexity index is 72.5. The summed E-state index contributed by atoms with van der Waals surface area (Å²) in [4.78, 5) is 0. The minimum atomic E-state index is 0.176. The van der Waals surface area contributed by atoms with Gasteiger partial charge in [-0.2, -0.15) is 0 Å². The molecule has 2 aliphatic rings. The van der Waals surface area contributed by atoms with Crippen molar-refractivity contribution in [1.29, 1.82) is 0 Å². The van der Waals surface area contributed by atoms with Crippen molar-refractivity contribution in [3.05, 3.63) is 0 Å². The molecular formula is C6H10O2. The van der Waals surface area contributed by atoms with Crippen LogP contribution in [0, 0.1) is 5.92 Å². The van der Waals surface area contributed by atoms with Gasteiger partial charge in [-0.05, 0) is 12.8 Å². The van der Waals surface area contributed by atoms with E-state index in [-0.39, 0.29) is 6.29 Å². The molecule has 0 saturated carbocycles. The standard InChI is InChI=1S/C6H10O2/c1-3-7-6-5(1)2-4-8-6/h5-6H,1-4H2/t5-,6-. The van der Waals surface area contributed by atoms with Crippen LogP contribution in [0.3, 0.4) is 0 Å². The van der Waals surface area contributed by atoms with Gasteiger partial charge < -0.3 is 9.47 Å². The number of fused-ring (bicyclic) bond motifs is 1. The van der Waals surface area contributed by atoms with E-state index in [4.69, 9.17) is 9.47 Å². The van der Waals surface area contributed by atoms with Gasteiger partial charge >= 0.3 is 0 Å². The summed E-state index contributed by atoms with van der Waals surface area (Å²) in [5.74, 6) is 0.731. The Balaban J connectivity index is 2.04. The van der Waals surface area contributed by atoms with Crippen molar-refractivity contribution in [2.45, 2.75) is 19.1 Å². The summed E-state index contributed by atoms with van der Waals surface area (Å²) in [5, 5.41) is 0. The third-order valence-corrected chi connectivity index (χ3v) is 1.93. The van der Waals surface area contributed by atoms with Crippen molar-refractivity contribution in [1.82, 2.24) is 0 Å². The SMILES string of the molecule is C1C[C@H]2CCO[C@@H]2O1. The van der Waals surface area contributed by atoms with Crippen LogP contribution in [-0.2, 0) is 9.47 Å². The van der Waals surface area contributed by atoms with E-state index in [1.807, 2.05) is 0 Å². The molecule has 2 heterocycles. The summed E-state index contributed by atoms with van der Waals surface area (Å²) in [5.41, 5.74) is 0. The quantitative estimate of drug-likeness (QED) is 0.463. The fourth-order valence-corrected chi connectivity index (χ4v) is 1.41. The Hall–Kier alpha value is -0.0800. The maximum atomic E-state index is 5.25. The Labute approximate surface area is 48.8 Å². The average molecular weight is 114 g/mol. The molecule has 2 heteroatoms. The topological polar surface area (TPSA) is 18.5 Å². The average Bonchev–Trinajstić information content (AvgIpc) is 2.15. The van der Waals surface area contributed by atoms with Gasteiger partial charge in [-0.25, -0.2) is 0 Å². The zero-order chi connectivity index (χ0) is 5.40. The maximum Gasteiger partial charge on any atom is 0.160 e. The van der Waals surface area contributed by atoms with E-state index in [1.54, 1.807) is 0 Å². The lowest BCUT2D eigenvalue weighted by molar-refractivity contribution is -0.0904. The maximum absolute atomic E-state index is 5.25. The lowest BCUT2D eigenvalue weighted by Gasteiger charge is -2.03. The van der Waals surface area contributed by atoms with Gasteiger partial charge in [0.25, 0.3) is 0 Å². The predicted molar refractivity (Wildman–Crippen MR) is 28.4 cm³/mol. The zero-order valence-electron chi connectivity index (χ0n) is 4.80. The first kappa shape index (κ1) is 4.77. The molecular weight excluding hydrogens is 104 g/mol. The van der Waals surface area contributed by atoms with Crippen LogP contribution in [0.5, 0.6) is 0 Å². The molecule has 0 aromatic rings. The molecule has 0 unspecified atom stereocenters. The summed E-state index contributed by atoms with van der Waals surface area (Å²) in [7, 11) is 0. The van der Waals surface area contributed by atoms with Crippen LogP contribution in [0.4, 0.5) is 0 Å². The number of hydrogen-bond donors (Lipinski definition) is 0.